The maximum atomic E-state index is 11.8. The van der Waals surface area contributed by atoms with Crippen molar-refractivity contribution in [1.29, 1.82) is 0 Å². The van der Waals surface area contributed by atoms with Crippen LogP contribution in [0.1, 0.15) is 26.5 Å². The second-order valence-electron chi connectivity index (χ2n) is 4.86. The number of hydrogen-bond donors (Lipinski definition) is 0. The fraction of sp³-hybridized carbons (Fsp3) is 0.333. The van der Waals surface area contributed by atoms with E-state index >= 15 is 0 Å². The monoisotopic (exact) mass is 327 g/mol. The Morgan fingerprint density at radius 3 is 2.89 bits per heavy atom. The summed E-state index contributed by atoms with van der Waals surface area (Å²) >= 11 is 2.16. The quantitative estimate of drug-likeness (QED) is 0.629. The third kappa shape index (κ3) is 2.93. The van der Waals surface area contributed by atoms with Crippen LogP contribution in [-0.2, 0) is 11.4 Å². The maximum Gasteiger partial charge on any atom is 0.144 e. The van der Waals surface area contributed by atoms with Crippen molar-refractivity contribution in [2.75, 3.05) is 0 Å². The van der Waals surface area contributed by atoms with Crippen LogP contribution in [0, 0.1) is 0 Å². The molecular formula is C12H14BrN3OS. The van der Waals surface area contributed by atoms with Crippen LogP contribution in [0.5, 0.6) is 0 Å². The molecule has 2 heterocycles. The van der Waals surface area contributed by atoms with E-state index in [4.69, 9.17) is 0 Å². The van der Waals surface area contributed by atoms with Crippen molar-refractivity contribution in [2.24, 2.45) is 4.40 Å². The molecule has 0 fully saturated rings. The molecule has 0 bridgehead atoms. The molecule has 1 unspecified atom stereocenters. The van der Waals surface area contributed by atoms with E-state index in [0.29, 0.717) is 5.69 Å². The normalized spacial score (nSPS) is 14.5. The topological polar surface area (TPSA) is 52.7 Å². The Bertz CT molecular complexity index is 589. The van der Waals surface area contributed by atoms with Crippen molar-refractivity contribution < 1.29 is 4.55 Å². The highest BCUT2D eigenvalue weighted by molar-refractivity contribution is 9.10. The van der Waals surface area contributed by atoms with E-state index in [2.05, 4.69) is 25.3 Å². The van der Waals surface area contributed by atoms with E-state index in [0.717, 1.165) is 9.99 Å². The van der Waals surface area contributed by atoms with Gasteiger partial charge in [0.05, 0.1) is 11.8 Å². The lowest BCUT2D eigenvalue weighted by Crippen LogP contribution is -2.25. The van der Waals surface area contributed by atoms with Crippen molar-refractivity contribution in [3.8, 4) is 0 Å². The predicted octanol–water partition coefficient (Wildman–Crippen LogP) is 2.98. The van der Waals surface area contributed by atoms with Gasteiger partial charge in [0.15, 0.2) is 0 Å². The first-order valence-corrected chi connectivity index (χ1v) is 7.36. The Kier molecular flexibility index (Phi) is 3.79. The Hall–Kier alpha value is -0.850. The fourth-order valence-electron chi connectivity index (χ4n) is 1.34. The second kappa shape index (κ2) is 5.03. The maximum absolute atomic E-state index is 11.8. The number of aromatic nitrogens is 2. The van der Waals surface area contributed by atoms with E-state index in [1.54, 1.807) is 12.5 Å². The number of hydrogen-bond acceptors (Lipinski definition) is 3. The van der Waals surface area contributed by atoms with Gasteiger partial charge in [0.2, 0.25) is 0 Å². The molecule has 0 radical (unpaired) electrons. The number of imidazole rings is 1. The Morgan fingerprint density at radius 1 is 1.50 bits per heavy atom. The Balaban J connectivity index is 2.32. The zero-order valence-corrected chi connectivity index (χ0v) is 12.8. The van der Waals surface area contributed by atoms with Crippen LogP contribution >= 0.6 is 15.9 Å². The lowest BCUT2D eigenvalue weighted by atomic mass is 10.3. The molecule has 0 aliphatic carbocycles. The van der Waals surface area contributed by atoms with Crippen LogP contribution < -0.4 is 0 Å². The third-order valence-electron chi connectivity index (χ3n) is 2.33. The van der Waals surface area contributed by atoms with Crippen molar-refractivity contribution in [3.05, 3.63) is 34.8 Å². The van der Waals surface area contributed by atoms with Gasteiger partial charge in [-0.3, -0.25) is 0 Å². The first-order valence-electron chi connectivity index (χ1n) is 5.46. The molecule has 6 heteroatoms. The molecule has 2 aromatic rings. The minimum absolute atomic E-state index is 0.355. The number of pyridine rings is 1. The highest BCUT2D eigenvalue weighted by Gasteiger charge is 2.25. The van der Waals surface area contributed by atoms with E-state index < -0.39 is 11.4 Å². The van der Waals surface area contributed by atoms with Gasteiger partial charge in [-0.15, -0.1) is 0 Å². The minimum Gasteiger partial charge on any atom is -0.591 e. The van der Waals surface area contributed by atoms with Gasteiger partial charge in [-0.1, -0.05) is 20.3 Å². The largest absolute Gasteiger partial charge is 0.591 e. The molecule has 0 aliphatic heterocycles. The lowest BCUT2D eigenvalue weighted by molar-refractivity contribution is 0.562. The van der Waals surface area contributed by atoms with Crippen molar-refractivity contribution >= 4 is 39.0 Å². The first kappa shape index (κ1) is 13.6. The Morgan fingerprint density at radius 2 is 2.22 bits per heavy atom. The van der Waals surface area contributed by atoms with Gasteiger partial charge in [-0.2, -0.15) is 0 Å². The van der Waals surface area contributed by atoms with Crippen LogP contribution in [0.2, 0.25) is 0 Å². The van der Waals surface area contributed by atoms with Gasteiger partial charge in [-0.05, 0) is 32.9 Å². The van der Waals surface area contributed by atoms with E-state index in [-0.39, 0.29) is 4.75 Å². The van der Waals surface area contributed by atoms with Crippen LogP contribution in [0.3, 0.4) is 0 Å². The molecule has 0 saturated carbocycles. The van der Waals surface area contributed by atoms with Gasteiger partial charge in [0.25, 0.3) is 0 Å². The van der Waals surface area contributed by atoms with Gasteiger partial charge < -0.3 is 8.95 Å². The summed E-state index contributed by atoms with van der Waals surface area (Å²) in [4.78, 5) is 4.25. The van der Waals surface area contributed by atoms with Crippen LogP contribution in [0.4, 0.5) is 0 Å². The first-order chi connectivity index (χ1) is 8.38. The lowest BCUT2D eigenvalue weighted by Gasteiger charge is -2.17. The molecule has 0 N–H and O–H groups in total. The molecule has 4 nitrogen and oxygen atoms in total. The molecule has 0 aliphatic rings. The standard InChI is InChI=1S/C12H14BrN3OS/c1-12(2,3)18(17)15-7-10-11-6-9(13)4-5-16(11)8-14-10/h4-8H,1-3H3/b15-7-. The molecule has 96 valence electrons. The smallest absolute Gasteiger partial charge is 0.144 e. The molecule has 2 rings (SSSR count). The predicted molar refractivity (Wildman–Crippen MR) is 78.4 cm³/mol. The summed E-state index contributed by atoms with van der Waals surface area (Å²) in [6.45, 7) is 5.67. The molecule has 2 aromatic heterocycles. The van der Waals surface area contributed by atoms with E-state index in [9.17, 15) is 4.55 Å². The zero-order chi connectivity index (χ0) is 13.3. The summed E-state index contributed by atoms with van der Waals surface area (Å²) in [7, 11) is 0. The zero-order valence-electron chi connectivity index (χ0n) is 10.4. The highest BCUT2D eigenvalue weighted by Crippen LogP contribution is 2.18. The fourth-order valence-corrected chi connectivity index (χ4v) is 2.18. The van der Waals surface area contributed by atoms with Crippen LogP contribution in [0.15, 0.2) is 33.5 Å². The number of rotatable bonds is 2. The Labute approximate surface area is 118 Å². The molecular weight excluding hydrogens is 314 g/mol. The SMILES string of the molecule is CC(C)(C)[S+]([O-])/N=C\c1ncn2ccc(Br)cc12. The van der Waals surface area contributed by atoms with Gasteiger partial charge >= 0.3 is 0 Å². The second-order valence-corrected chi connectivity index (χ2v) is 7.71. The molecule has 0 spiro atoms. The van der Waals surface area contributed by atoms with Crippen molar-refractivity contribution in [2.45, 2.75) is 25.5 Å². The number of fused-ring (bicyclic) bond motifs is 1. The number of halogens is 1. The van der Waals surface area contributed by atoms with E-state index in [1.165, 1.54) is 0 Å². The van der Waals surface area contributed by atoms with Crippen molar-refractivity contribution in [1.82, 2.24) is 9.38 Å². The summed E-state index contributed by atoms with van der Waals surface area (Å²) in [6.07, 6.45) is 5.19. The summed E-state index contributed by atoms with van der Waals surface area (Å²) in [5.41, 5.74) is 1.65. The van der Waals surface area contributed by atoms with E-state index in [1.807, 2.05) is 43.5 Å². The average Bonchev–Trinajstić information content (AvgIpc) is 2.67. The van der Waals surface area contributed by atoms with Crippen molar-refractivity contribution in [3.63, 3.8) is 0 Å². The average molecular weight is 328 g/mol. The summed E-state index contributed by atoms with van der Waals surface area (Å²) in [6, 6.07) is 3.89. The minimum atomic E-state index is -1.26. The summed E-state index contributed by atoms with van der Waals surface area (Å²) in [5.74, 6) is 0. The van der Waals surface area contributed by atoms with Crippen LogP contribution in [0.25, 0.3) is 5.52 Å². The van der Waals surface area contributed by atoms with Gasteiger partial charge in [0.1, 0.15) is 28.0 Å². The molecule has 18 heavy (non-hydrogen) atoms. The third-order valence-corrected chi connectivity index (χ3v) is 4.16. The molecule has 1 atom stereocenters. The van der Waals surface area contributed by atoms with Crippen LogP contribution in [-0.4, -0.2) is 24.9 Å². The van der Waals surface area contributed by atoms with Gasteiger partial charge in [-0.25, -0.2) is 4.98 Å². The summed E-state index contributed by atoms with van der Waals surface area (Å²) < 4.78 is 18.4. The molecule has 0 saturated heterocycles. The molecule has 0 aromatic carbocycles. The van der Waals surface area contributed by atoms with Gasteiger partial charge in [0, 0.05) is 10.7 Å². The highest BCUT2D eigenvalue weighted by atomic mass is 79.9. The molecule has 0 amide bonds. The summed E-state index contributed by atoms with van der Waals surface area (Å²) in [5, 5.41) is 0. The number of nitrogens with zero attached hydrogens (tertiary/aromatic N) is 3.